The van der Waals surface area contributed by atoms with Gasteiger partial charge in [-0.05, 0) is 35.9 Å². The second kappa shape index (κ2) is 9.65. The molecule has 9 heteroatoms. The van der Waals surface area contributed by atoms with E-state index in [9.17, 15) is 9.59 Å². The Morgan fingerprint density at radius 3 is 2.66 bits per heavy atom. The summed E-state index contributed by atoms with van der Waals surface area (Å²) >= 11 is 1.14. The first-order chi connectivity index (χ1) is 14.1. The normalized spacial score (nSPS) is 10.8. The Hall–Kier alpha value is -3.46. The van der Waals surface area contributed by atoms with E-state index >= 15 is 0 Å². The lowest BCUT2D eigenvalue weighted by atomic mass is 10.2. The average Bonchev–Trinajstić information content (AvgIpc) is 3.17. The van der Waals surface area contributed by atoms with E-state index in [0.717, 1.165) is 22.8 Å². The van der Waals surface area contributed by atoms with Crippen LogP contribution < -0.4 is 20.3 Å². The van der Waals surface area contributed by atoms with E-state index in [-0.39, 0.29) is 11.7 Å². The number of ether oxygens (including phenoxy) is 2. The zero-order valence-electron chi connectivity index (χ0n) is 15.8. The molecule has 0 fully saturated rings. The highest BCUT2D eigenvalue weighted by molar-refractivity contribution is 7.99. The van der Waals surface area contributed by atoms with Gasteiger partial charge >= 0.3 is 0 Å². The van der Waals surface area contributed by atoms with E-state index in [1.165, 1.54) is 13.2 Å². The Morgan fingerprint density at radius 2 is 1.90 bits per heavy atom. The van der Waals surface area contributed by atoms with Crippen LogP contribution in [0.2, 0.25) is 0 Å². The first kappa shape index (κ1) is 20.3. The molecular weight excluding hydrogens is 394 g/mol. The molecule has 0 radical (unpaired) electrons. The Labute approximate surface area is 171 Å². The van der Waals surface area contributed by atoms with Gasteiger partial charge in [0.15, 0.2) is 17.1 Å². The van der Waals surface area contributed by atoms with Gasteiger partial charge in [0, 0.05) is 6.08 Å². The second-order valence-electron chi connectivity index (χ2n) is 5.72. The van der Waals surface area contributed by atoms with Crippen molar-refractivity contribution in [3.63, 3.8) is 0 Å². The SMILES string of the molecule is COc1ccc(/C=C/C(=O)NNC(=O)CSc2nc3ccccc3o2)cc1OC. The van der Waals surface area contributed by atoms with E-state index in [4.69, 9.17) is 13.9 Å². The average molecular weight is 413 g/mol. The molecule has 0 atom stereocenters. The van der Waals surface area contributed by atoms with Gasteiger partial charge in [-0.2, -0.15) is 0 Å². The van der Waals surface area contributed by atoms with E-state index in [0.29, 0.717) is 22.3 Å². The summed E-state index contributed by atoms with van der Waals surface area (Å²) < 4.78 is 15.9. The number of oxazole rings is 1. The summed E-state index contributed by atoms with van der Waals surface area (Å²) in [6.45, 7) is 0. The minimum atomic E-state index is -0.472. The number of para-hydroxylation sites is 2. The van der Waals surface area contributed by atoms with Crippen molar-refractivity contribution in [2.45, 2.75) is 5.22 Å². The molecule has 1 heterocycles. The maximum Gasteiger partial charge on any atom is 0.262 e. The molecule has 3 aromatic rings. The Kier molecular flexibility index (Phi) is 6.75. The van der Waals surface area contributed by atoms with Crippen LogP contribution in [-0.2, 0) is 9.59 Å². The number of thioether (sulfide) groups is 1. The van der Waals surface area contributed by atoms with Crippen LogP contribution in [0.25, 0.3) is 17.2 Å². The number of rotatable bonds is 7. The first-order valence-electron chi connectivity index (χ1n) is 8.56. The molecule has 0 unspecified atom stereocenters. The molecule has 0 bridgehead atoms. The molecular formula is C20H19N3O5S. The number of amides is 2. The van der Waals surface area contributed by atoms with Gasteiger partial charge in [0.25, 0.3) is 11.1 Å². The minimum absolute atomic E-state index is 0.0481. The minimum Gasteiger partial charge on any atom is -0.493 e. The Bertz CT molecular complexity index is 1010. The lowest BCUT2D eigenvalue weighted by Crippen LogP contribution is -2.41. The quantitative estimate of drug-likeness (QED) is 0.349. The summed E-state index contributed by atoms with van der Waals surface area (Å²) in [5, 5.41) is 0.390. The number of aromatic nitrogens is 1. The lowest BCUT2D eigenvalue weighted by molar-refractivity contribution is -0.125. The van der Waals surface area contributed by atoms with E-state index in [1.807, 2.05) is 18.2 Å². The third-order valence-corrected chi connectivity index (χ3v) is 4.59. The highest BCUT2D eigenvalue weighted by Gasteiger charge is 2.09. The molecule has 29 heavy (non-hydrogen) atoms. The Balaban J connectivity index is 1.46. The zero-order valence-corrected chi connectivity index (χ0v) is 16.6. The van der Waals surface area contributed by atoms with E-state index in [1.54, 1.807) is 37.5 Å². The van der Waals surface area contributed by atoms with Crippen LogP contribution in [0.15, 0.2) is 58.2 Å². The maximum atomic E-state index is 11.9. The molecule has 150 valence electrons. The van der Waals surface area contributed by atoms with Crippen molar-refractivity contribution in [2.24, 2.45) is 0 Å². The zero-order chi connectivity index (χ0) is 20.6. The van der Waals surface area contributed by atoms with Crippen LogP contribution in [-0.4, -0.2) is 36.8 Å². The van der Waals surface area contributed by atoms with Crippen molar-refractivity contribution in [3.8, 4) is 11.5 Å². The van der Waals surface area contributed by atoms with Gasteiger partial charge in [-0.15, -0.1) is 0 Å². The number of nitrogens with zero attached hydrogens (tertiary/aromatic N) is 1. The summed E-state index contributed by atoms with van der Waals surface area (Å²) in [5.41, 5.74) is 6.79. The predicted molar refractivity (Wildman–Crippen MR) is 110 cm³/mol. The number of hydrazine groups is 1. The lowest BCUT2D eigenvalue weighted by Gasteiger charge is -2.07. The summed E-state index contributed by atoms with van der Waals surface area (Å²) in [5.74, 6) is 0.342. The molecule has 3 rings (SSSR count). The molecule has 2 amide bonds. The molecule has 2 N–H and O–H groups in total. The fourth-order valence-electron chi connectivity index (χ4n) is 2.38. The van der Waals surface area contributed by atoms with Crippen molar-refractivity contribution in [3.05, 3.63) is 54.1 Å². The second-order valence-corrected chi connectivity index (χ2v) is 6.65. The number of hydrogen-bond acceptors (Lipinski definition) is 7. The molecule has 0 aliphatic rings. The number of carbonyl (C=O) groups excluding carboxylic acids is 2. The van der Waals surface area contributed by atoms with Crippen LogP contribution in [0.4, 0.5) is 0 Å². The highest BCUT2D eigenvalue weighted by Crippen LogP contribution is 2.28. The van der Waals surface area contributed by atoms with Crippen molar-refractivity contribution < 1.29 is 23.5 Å². The number of nitrogens with one attached hydrogen (secondary N) is 2. The van der Waals surface area contributed by atoms with E-state index in [2.05, 4.69) is 15.8 Å². The number of hydrogen-bond donors (Lipinski definition) is 2. The summed E-state index contributed by atoms with van der Waals surface area (Å²) in [4.78, 5) is 28.0. The van der Waals surface area contributed by atoms with Gasteiger partial charge in [-0.25, -0.2) is 4.98 Å². The van der Waals surface area contributed by atoms with Crippen molar-refractivity contribution >= 4 is 40.8 Å². The topological polar surface area (TPSA) is 103 Å². The van der Waals surface area contributed by atoms with Gasteiger partial charge in [0.2, 0.25) is 5.91 Å². The van der Waals surface area contributed by atoms with Gasteiger partial charge in [0.05, 0.1) is 20.0 Å². The number of methoxy groups -OCH3 is 2. The largest absolute Gasteiger partial charge is 0.493 e. The third kappa shape index (κ3) is 5.52. The standard InChI is InChI=1S/C20H19N3O5S/c1-26-16-9-7-13(11-17(16)27-2)8-10-18(24)22-23-19(25)12-29-20-21-14-5-3-4-6-15(14)28-20/h3-11H,12H2,1-2H3,(H,22,24)(H,23,25)/b10-8+. The van der Waals surface area contributed by atoms with Gasteiger partial charge in [-0.1, -0.05) is 30.0 Å². The third-order valence-electron chi connectivity index (χ3n) is 3.76. The van der Waals surface area contributed by atoms with Crippen LogP contribution in [0.5, 0.6) is 11.5 Å². The fraction of sp³-hybridized carbons (Fsp3) is 0.150. The van der Waals surface area contributed by atoms with Crippen molar-refractivity contribution in [1.29, 1.82) is 0 Å². The van der Waals surface area contributed by atoms with Crippen LogP contribution in [0.3, 0.4) is 0 Å². The fourth-order valence-corrected chi connectivity index (χ4v) is 3.02. The monoisotopic (exact) mass is 413 g/mol. The summed E-state index contributed by atoms with van der Waals surface area (Å²) in [6.07, 6.45) is 2.89. The highest BCUT2D eigenvalue weighted by atomic mass is 32.2. The van der Waals surface area contributed by atoms with Crippen molar-refractivity contribution in [1.82, 2.24) is 15.8 Å². The van der Waals surface area contributed by atoms with Gasteiger partial charge in [-0.3, -0.25) is 20.4 Å². The molecule has 0 aliphatic carbocycles. The van der Waals surface area contributed by atoms with Crippen molar-refractivity contribution in [2.75, 3.05) is 20.0 Å². The molecule has 0 aliphatic heterocycles. The Morgan fingerprint density at radius 1 is 1.10 bits per heavy atom. The molecule has 0 saturated heterocycles. The summed E-state index contributed by atoms with van der Waals surface area (Å²) in [7, 11) is 3.08. The number of carbonyl (C=O) groups is 2. The molecule has 0 spiro atoms. The van der Waals surface area contributed by atoms with Gasteiger partial charge < -0.3 is 13.9 Å². The summed E-state index contributed by atoms with van der Waals surface area (Å²) in [6, 6.07) is 12.6. The van der Waals surface area contributed by atoms with Crippen LogP contribution in [0, 0.1) is 0 Å². The van der Waals surface area contributed by atoms with E-state index < -0.39 is 5.91 Å². The number of fused-ring (bicyclic) bond motifs is 1. The maximum absolute atomic E-state index is 11.9. The molecule has 0 saturated carbocycles. The van der Waals surface area contributed by atoms with Crippen LogP contribution in [0.1, 0.15) is 5.56 Å². The van der Waals surface area contributed by atoms with Crippen LogP contribution >= 0.6 is 11.8 Å². The number of benzene rings is 2. The molecule has 8 nitrogen and oxygen atoms in total. The first-order valence-corrected chi connectivity index (χ1v) is 9.55. The molecule has 2 aromatic carbocycles. The smallest absolute Gasteiger partial charge is 0.262 e. The molecule has 1 aromatic heterocycles. The van der Waals surface area contributed by atoms with Gasteiger partial charge in [0.1, 0.15) is 5.52 Å². The predicted octanol–water partition coefficient (Wildman–Crippen LogP) is 2.80.